The summed E-state index contributed by atoms with van der Waals surface area (Å²) in [6.07, 6.45) is 1.79. The van der Waals surface area contributed by atoms with E-state index in [1.807, 2.05) is 20.8 Å². The fourth-order valence-electron chi connectivity index (χ4n) is 2.60. The first-order chi connectivity index (χ1) is 7.33. The molecule has 0 amide bonds. The van der Waals surface area contributed by atoms with Crippen molar-refractivity contribution in [3.63, 3.8) is 0 Å². The molecule has 4 heteroatoms. The molecule has 2 saturated heterocycles. The van der Waals surface area contributed by atoms with Gasteiger partial charge >= 0.3 is 5.97 Å². The minimum Gasteiger partial charge on any atom is -0.444 e. The van der Waals surface area contributed by atoms with Crippen molar-refractivity contribution < 1.29 is 14.6 Å². The Balaban J connectivity index is 2.42. The summed E-state index contributed by atoms with van der Waals surface area (Å²) in [6.45, 7) is 9.71. The number of carbonyl (C=O) groups is 1. The third-order valence-corrected chi connectivity index (χ3v) is 3.47. The molecule has 0 aromatic carbocycles. The summed E-state index contributed by atoms with van der Waals surface area (Å²) in [4.78, 5) is 13.7. The first-order valence-electron chi connectivity index (χ1n) is 5.64. The molecule has 2 heterocycles. The van der Waals surface area contributed by atoms with Gasteiger partial charge in [-0.3, -0.25) is 0 Å². The molecular weight excluding hydrogens is 206 g/mol. The SMILES string of the molecule is C=C[C@@]12CC[C@H](O)N1[C@@H](C(C)(C)C)OC2=O. The summed E-state index contributed by atoms with van der Waals surface area (Å²) < 4.78 is 5.41. The Bertz CT molecular complexity index is 334. The lowest BCUT2D eigenvalue weighted by Crippen LogP contribution is -2.51. The minimum absolute atomic E-state index is 0.217. The van der Waals surface area contributed by atoms with Gasteiger partial charge in [0, 0.05) is 5.41 Å². The van der Waals surface area contributed by atoms with E-state index in [9.17, 15) is 9.90 Å². The van der Waals surface area contributed by atoms with E-state index >= 15 is 0 Å². The van der Waals surface area contributed by atoms with Crippen LogP contribution in [-0.2, 0) is 9.53 Å². The number of esters is 1. The van der Waals surface area contributed by atoms with E-state index in [0.717, 1.165) is 0 Å². The zero-order chi connectivity index (χ0) is 12.1. The fourth-order valence-corrected chi connectivity index (χ4v) is 2.60. The summed E-state index contributed by atoms with van der Waals surface area (Å²) in [5, 5.41) is 9.99. The minimum atomic E-state index is -0.808. The molecule has 0 aromatic heterocycles. The van der Waals surface area contributed by atoms with Crippen LogP contribution in [0.4, 0.5) is 0 Å². The van der Waals surface area contributed by atoms with Crippen molar-refractivity contribution in [3.05, 3.63) is 12.7 Å². The first-order valence-corrected chi connectivity index (χ1v) is 5.64. The van der Waals surface area contributed by atoms with Gasteiger partial charge < -0.3 is 9.84 Å². The van der Waals surface area contributed by atoms with E-state index < -0.39 is 11.8 Å². The monoisotopic (exact) mass is 225 g/mol. The maximum atomic E-state index is 12.0. The Morgan fingerprint density at radius 3 is 2.75 bits per heavy atom. The molecule has 4 nitrogen and oxygen atoms in total. The summed E-state index contributed by atoms with van der Waals surface area (Å²) in [5.74, 6) is -0.279. The molecule has 2 rings (SSSR count). The maximum absolute atomic E-state index is 12.0. The maximum Gasteiger partial charge on any atom is 0.332 e. The fraction of sp³-hybridized carbons (Fsp3) is 0.750. The predicted molar refractivity (Wildman–Crippen MR) is 59.3 cm³/mol. The van der Waals surface area contributed by atoms with Crippen LogP contribution >= 0.6 is 0 Å². The topological polar surface area (TPSA) is 49.8 Å². The van der Waals surface area contributed by atoms with E-state index in [0.29, 0.717) is 12.8 Å². The number of ether oxygens (including phenoxy) is 1. The van der Waals surface area contributed by atoms with Gasteiger partial charge in [-0.05, 0) is 12.8 Å². The highest BCUT2D eigenvalue weighted by Gasteiger charge is 2.61. The van der Waals surface area contributed by atoms with Crippen LogP contribution in [0, 0.1) is 5.41 Å². The van der Waals surface area contributed by atoms with Gasteiger partial charge in [0.05, 0.1) is 0 Å². The number of fused-ring (bicyclic) bond motifs is 1. The van der Waals surface area contributed by atoms with Crippen LogP contribution in [0.1, 0.15) is 33.6 Å². The number of carbonyl (C=O) groups excluding carboxylic acids is 1. The highest BCUT2D eigenvalue weighted by Crippen LogP contribution is 2.46. The van der Waals surface area contributed by atoms with Crippen molar-refractivity contribution in [1.82, 2.24) is 4.90 Å². The summed E-state index contributed by atoms with van der Waals surface area (Å²) in [7, 11) is 0. The Morgan fingerprint density at radius 1 is 1.62 bits per heavy atom. The largest absolute Gasteiger partial charge is 0.444 e. The number of cyclic esters (lactones) is 1. The van der Waals surface area contributed by atoms with Crippen molar-refractivity contribution in [2.75, 3.05) is 0 Å². The molecule has 90 valence electrons. The molecule has 0 spiro atoms. The van der Waals surface area contributed by atoms with E-state index in [2.05, 4.69) is 6.58 Å². The standard InChI is InChI=1S/C12H19NO3/c1-5-12-7-6-8(14)13(12)9(11(2,3)4)16-10(12)15/h5,8-9,14H,1,6-7H2,2-4H3/t8-,9+,12-/m0/s1. The zero-order valence-electron chi connectivity index (χ0n) is 10.1. The van der Waals surface area contributed by atoms with Crippen molar-refractivity contribution in [1.29, 1.82) is 0 Å². The molecule has 2 fully saturated rings. The van der Waals surface area contributed by atoms with Crippen LogP contribution in [0.2, 0.25) is 0 Å². The third-order valence-electron chi connectivity index (χ3n) is 3.47. The van der Waals surface area contributed by atoms with Gasteiger partial charge in [0.1, 0.15) is 11.8 Å². The highest BCUT2D eigenvalue weighted by molar-refractivity contribution is 5.86. The van der Waals surface area contributed by atoms with Gasteiger partial charge in [-0.1, -0.05) is 26.8 Å². The lowest BCUT2D eigenvalue weighted by Gasteiger charge is -2.36. The summed E-state index contributed by atoms with van der Waals surface area (Å²) in [5.41, 5.74) is -1.02. The second-order valence-corrected chi connectivity index (χ2v) is 5.68. The quantitative estimate of drug-likeness (QED) is 0.539. The number of aliphatic hydroxyl groups excluding tert-OH is 1. The molecule has 0 aromatic rings. The molecule has 2 aliphatic rings. The first kappa shape index (κ1) is 11.6. The number of nitrogens with zero attached hydrogens (tertiary/aromatic N) is 1. The second kappa shape index (κ2) is 3.31. The third kappa shape index (κ3) is 1.33. The van der Waals surface area contributed by atoms with E-state index in [1.54, 1.807) is 11.0 Å². The Hall–Kier alpha value is -0.870. The van der Waals surface area contributed by atoms with E-state index in [1.165, 1.54) is 0 Å². The van der Waals surface area contributed by atoms with E-state index in [-0.39, 0.29) is 17.6 Å². The van der Waals surface area contributed by atoms with Crippen LogP contribution in [0.15, 0.2) is 12.7 Å². The van der Waals surface area contributed by atoms with Gasteiger partial charge in [-0.25, -0.2) is 9.69 Å². The van der Waals surface area contributed by atoms with E-state index in [4.69, 9.17) is 4.74 Å². The van der Waals surface area contributed by atoms with Gasteiger partial charge in [0.15, 0.2) is 6.23 Å². The van der Waals surface area contributed by atoms with Crippen molar-refractivity contribution in [3.8, 4) is 0 Å². The Labute approximate surface area is 95.9 Å². The molecule has 0 radical (unpaired) electrons. The summed E-state index contributed by atoms with van der Waals surface area (Å²) in [6, 6.07) is 0. The average molecular weight is 225 g/mol. The molecule has 1 N–H and O–H groups in total. The van der Waals surface area contributed by atoms with Crippen LogP contribution in [0.3, 0.4) is 0 Å². The molecular formula is C12H19NO3. The van der Waals surface area contributed by atoms with Gasteiger partial charge in [0.25, 0.3) is 0 Å². The smallest absolute Gasteiger partial charge is 0.332 e. The molecule has 3 atom stereocenters. The Morgan fingerprint density at radius 2 is 2.25 bits per heavy atom. The van der Waals surface area contributed by atoms with Crippen molar-refractivity contribution >= 4 is 5.97 Å². The van der Waals surface area contributed by atoms with Crippen molar-refractivity contribution in [2.45, 2.75) is 51.6 Å². The van der Waals surface area contributed by atoms with Crippen LogP contribution in [0.5, 0.6) is 0 Å². The molecule has 0 saturated carbocycles. The molecule has 0 bridgehead atoms. The lowest BCUT2D eigenvalue weighted by molar-refractivity contribution is -0.152. The average Bonchev–Trinajstić information content (AvgIpc) is 2.65. The number of hydrogen-bond donors (Lipinski definition) is 1. The predicted octanol–water partition coefficient (Wildman–Crippen LogP) is 1.25. The normalized spacial score (nSPS) is 39.6. The molecule has 16 heavy (non-hydrogen) atoms. The second-order valence-electron chi connectivity index (χ2n) is 5.68. The lowest BCUT2D eigenvalue weighted by atomic mass is 9.91. The Kier molecular flexibility index (Phi) is 2.40. The molecule has 0 aliphatic carbocycles. The van der Waals surface area contributed by atoms with Crippen LogP contribution in [-0.4, -0.2) is 34.0 Å². The van der Waals surface area contributed by atoms with Gasteiger partial charge in [0.2, 0.25) is 0 Å². The number of aliphatic hydroxyl groups is 1. The van der Waals surface area contributed by atoms with Gasteiger partial charge in [-0.15, -0.1) is 6.58 Å². The van der Waals surface area contributed by atoms with Crippen LogP contribution < -0.4 is 0 Å². The number of hydrogen-bond acceptors (Lipinski definition) is 4. The zero-order valence-corrected chi connectivity index (χ0v) is 10.1. The molecule has 0 unspecified atom stereocenters. The van der Waals surface area contributed by atoms with Gasteiger partial charge in [-0.2, -0.15) is 0 Å². The summed E-state index contributed by atoms with van der Waals surface area (Å²) >= 11 is 0. The highest BCUT2D eigenvalue weighted by atomic mass is 16.6. The molecule has 2 aliphatic heterocycles. The number of rotatable bonds is 1. The van der Waals surface area contributed by atoms with Crippen molar-refractivity contribution in [2.24, 2.45) is 5.41 Å². The van der Waals surface area contributed by atoms with Crippen LogP contribution in [0.25, 0.3) is 0 Å².